The third-order valence-corrected chi connectivity index (χ3v) is 4.49. The summed E-state index contributed by atoms with van der Waals surface area (Å²) in [6.07, 6.45) is 1.65. The number of aromatic nitrogens is 1. The molecule has 2 aromatic carbocycles. The lowest BCUT2D eigenvalue weighted by molar-refractivity contribution is 0.394. The highest BCUT2D eigenvalue weighted by atomic mass is 127. The summed E-state index contributed by atoms with van der Waals surface area (Å²) in [4.78, 5) is 8.82. The topological polar surface area (TPSA) is 80.9 Å². The van der Waals surface area contributed by atoms with Crippen LogP contribution >= 0.6 is 24.0 Å². The second-order valence-corrected chi connectivity index (χ2v) is 6.41. The van der Waals surface area contributed by atoms with E-state index in [1.54, 1.807) is 27.5 Å². The van der Waals surface area contributed by atoms with Crippen molar-refractivity contribution in [2.75, 3.05) is 21.3 Å². The number of halogens is 1. The van der Waals surface area contributed by atoms with Gasteiger partial charge in [0.25, 0.3) is 0 Å². The molecule has 0 spiro atoms. The second kappa shape index (κ2) is 11.4. The van der Waals surface area contributed by atoms with Gasteiger partial charge in [0.15, 0.2) is 5.96 Å². The number of nitrogens with one attached hydrogen (secondary N) is 2. The van der Waals surface area contributed by atoms with Crippen molar-refractivity contribution in [2.24, 2.45) is 4.99 Å². The van der Waals surface area contributed by atoms with E-state index in [0.29, 0.717) is 18.4 Å². The fourth-order valence-electron chi connectivity index (χ4n) is 2.93. The second-order valence-electron chi connectivity index (χ2n) is 6.41. The van der Waals surface area contributed by atoms with E-state index in [9.17, 15) is 0 Å². The van der Waals surface area contributed by atoms with Crippen LogP contribution in [0, 0.1) is 0 Å². The average Bonchev–Trinajstić information content (AvgIpc) is 3.25. The fourth-order valence-corrected chi connectivity index (χ4v) is 2.93. The molecule has 3 rings (SSSR count). The zero-order valence-electron chi connectivity index (χ0n) is 17.5. The summed E-state index contributed by atoms with van der Waals surface area (Å²) in [6.45, 7) is 2.52. The molecule has 3 aromatic rings. The van der Waals surface area contributed by atoms with Crippen LogP contribution in [0.2, 0.25) is 0 Å². The summed E-state index contributed by atoms with van der Waals surface area (Å²) < 4.78 is 16.4. The number of hydrogen-bond acceptors (Lipinski definition) is 5. The van der Waals surface area contributed by atoms with E-state index in [4.69, 9.17) is 13.9 Å². The Labute approximate surface area is 193 Å². The van der Waals surface area contributed by atoms with Crippen molar-refractivity contribution in [1.29, 1.82) is 0 Å². The minimum Gasteiger partial charge on any atom is -0.497 e. The Bertz CT molecular complexity index is 960. The molecule has 2 N–H and O–H groups in total. The van der Waals surface area contributed by atoms with E-state index in [-0.39, 0.29) is 30.0 Å². The lowest BCUT2D eigenvalue weighted by Crippen LogP contribution is -2.38. The van der Waals surface area contributed by atoms with E-state index in [2.05, 4.69) is 20.6 Å². The van der Waals surface area contributed by atoms with Gasteiger partial charge < -0.3 is 24.5 Å². The fraction of sp³-hybridized carbons (Fsp3) is 0.273. The van der Waals surface area contributed by atoms with Gasteiger partial charge in [-0.3, -0.25) is 4.99 Å². The number of aliphatic imine (C=N–C) groups is 1. The predicted molar refractivity (Wildman–Crippen MR) is 129 cm³/mol. The van der Waals surface area contributed by atoms with E-state index < -0.39 is 0 Å². The maximum atomic E-state index is 5.58. The van der Waals surface area contributed by atoms with Gasteiger partial charge in [-0.05, 0) is 37.3 Å². The maximum absolute atomic E-state index is 5.58. The van der Waals surface area contributed by atoms with Crippen LogP contribution in [0.25, 0.3) is 11.5 Å². The Hall–Kier alpha value is -2.75. The molecule has 0 fully saturated rings. The van der Waals surface area contributed by atoms with Gasteiger partial charge in [0.05, 0.1) is 32.5 Å². The van der Waals surface area contributed by atoms with Crippen LogP contribution in [0.15, 0.2) is 64.2 Å². The summed E-state index contributed by atoms with van der Waals surface area (Å²) in [7, 11) is 5.02. The van der Waals surface area contributed by atoms with E-state index in [0.717, 1.165) is 28.3 Å². The first-order valence-electron chi connectivity index (χ1n) is 9.33. The molecule has 0 aliphatic rings. The molecule has 0 bridgehead atoms. The molecule has 0 aliphatic heterocycles. The summed E-state index contributed by atoms with van der Waals surface area (Å²) >= 11 is 0. The average molecular weight is 522 g/mol. The van der Waals surface area contributed by atoms with Crippen LogP contribution in [-0.4, -0.2) is 32.2 Å². The normalized spacial score (nSPS) is 11.9. The third kappa shape index (κ3) is 5.88. The Kier molecular flexibility index (Phi) is 8.97. The van der Waals surface area contributed by atoms with Gasteiger partial charge in [0, 0.05) is 18.2 Å². The highest BCUT2D eigenvalue weighted by Crippen LogP contribution is 2.29. The molecule has 0 radical (unpaired) electrons. The molecule has 7 nitrogen and oxygen atoms in total. The third-order valence-electron chi connectivity index (χ3n) is 4.49. The van der Waals surface area contributed by atoms with E-state index >= 15 is 0 Å². The van der Waals surface area contributed by atoms with Crippen molar-refractivity contribution in [3.05, 3.63) is 66.1 Å². The number of oxazole rings is 1. The number of rotatable bonds is 7. The summed E-state index contributed by atoms with van der Waals surface area (Å²) in [5.74, 6) is 2.80. The van der Waals surface area contributed by atoms with Crippen molar-refractivity contribution >= 4 is 29.9 Å². The Morgan fingerprint density at radius 3 is 2.57 bits per heavy atom. The molecule has 0 saturated heterocycles. The monoisotopic (exact) mass is 522 g/mol. The standard InChI is InChI=1S/C22H26N4O3.HI/c1-15(19-12-18(27-3)10-11-20(19)28-4)25-22(23-2)24-13-17-14-29-21(26-17)16-8-6-5-7-9-16;/h5-12,14-15H,13H2,1-4H3,(H2,23,24,25);1H. The predicted octanol–water partition coefficient (Wildman–Crippen LogP) is 4.40. The van der Waals surface area contributed by atoms with Gasteiger partial charge >= 0.3 is 0 Å². The van der Waals surface area contributed by atoms with Crippen LogP contribution < -0.4 is 20.1 Å². The van der Waals surface area contributed by atoms with Gasteiger partial charge in [-0.25, -0.2) is 4.98 Å². The van der Waals surface area contributed by atoms with E-state index in [1.807, 2.05) is 55.5 Å². The molecule has 0 amide bonds. The molecule has 1 unspecified atom stereocenters. The smallest absolute Gasteiger partial charge is 0.226 e. The van der Waals surface area contributed by atoms with Gasteiger partial charge in [-0.15, -0.1) is 24.0 Å². The van der Waals surface area contributed by atoms with Crippen molar-refractivity contribution < 1.29 is 13.9 Å². The summed E-state index contributed by atoms with van der Waals surface area (Å²) in [5.41, 5.74) is 2.71. The first-order chi connectivity index (χ1) is 14.1. The van der Waals surface area contributed by atoms with Crippen LogP contribution in [0.1, 0.15) is 24.2 Å². The minimum atomic E-state index is -0.0524. The number of ether oxygens (including phenoxy) is 2. The highest BCUT2D eigenvalue weighted by molar-refractivity contribution is 14.0. The molecule has 30 heavy (non-hydrogen) atoms. The highest BCUT2D eigenvalue weighted by Gasteiger charge is 2.15. The molecule has 0 saturated carbocycles. The van der Waals surface area contributed by atoms with Crippen molar-refractivity contribution in [3.8, 4) is 23.0 Å². The number of nitrogens with zero attached hydrogens (tertiary/aromatic N) is 2. The van der Waals surface area contributed by atoms with Crippen LogP contribution in [0.4, 0.5) is 0 Å². The number of hydrogen-bond donors (Lipinski definition) is 2. The molecule has 8 heteroatoms. The van der Waals surface area contributed by atoms with Crippen molar-refractivity contribution in [3.63, 3.8) is 0 Å². The van der Waals surface area contributed by atoms with Gasteiger partial charge in [0.1, 0.15) is 17.8 Å². The van der Waals surface area contributed by atoms with Crippen LogP contribution in [-0.2, 0) is 6.54 Å². The zero-order valence-corrected chi connectivity index (χ0v) is 19.8. The molecule has 1 heterocycles. The van der Waals surface area contributed by atoms with E-state index in [1.165, 1.54) is 0 Å². The minimum absolute atomic E-state index is 0. The zero-order chi connectivity index (χ0) is 20.6. The Balaban J connectivity index is 0.00000320. The molecule has 1 atom stereocenters. The SMILES string of the molecule is CN=C(NCc1coc(-c2ccccc2)n1)NC(C)c1cc(OC)ccc1OC.I. The van der Waals surface area contributed by atoms with Gasteiger partial charge in [-0.2, -0.15) is 0 Å². The largest absolute Gasteiger partial charge is 0.497 e. The van der Waals surface area contributed by atoms with Crippen LogP contribution in [0.3, 0.4) is 0 Å². The first-order valence-corrected chi connectivity index (χ1v) is 9.33. The number of benzene rings is 2. The van der Waals surface area contributed by atoms with Gasteiger partial charge in [0.2, 0.25) is 5.89 Å². The molecule has 160 valence electrons. The Morgan fingerprint density at radius 2 is 1.90 bits per heavy atom. The van der Waals surface area contributed by atoms with Gasteiger partial charge in [-0.1, -0.05) is 18.2 Å². The first kappa shape index (κ1) is 23.5. The molecule has 1 aromatic heterocycles. The molecular formula is C22H27IN4O3. The number of guanidine groups is 1. The van der Waals surface area contributed by atoms with Crippen molar-refractivity contribution in [2.45, 2.75) is 19.5 Å². The van der Waals surface area contributed by atoms with Crippen molar-refractivity contribution in [1.82, 2.24) is 15.6 Å². The lowest BCUT2D eigenvalue weighted by Gasteiger charge is -2.20. The number of methoxy groups -OCH3 is 2. The Morgan fingerprint density at radius 1 is 1.13 bits per heavy atom. The maximum Gasteiger partial charge on any atom is 0.226 e. The van der Waals surface area contributed by atoms with Crippen LogP contribution in [0.5, 0.6) is 11.5 Å². The summed E-state index contributed by atoms with van der Waals surface area (Å²) in [6, 6.07) is 15.5. The lowest BCUT2D eigenvalue weighted by atomic mass is 10.1. The molecule has 0 aliphatic carbocycles. The quantitative estimate of drug-likeness (QED) is 0.272. The summed E-state index contributed by atoms with van der Waals surface area (Å²) in [5, 5.41) is 6.62. The molecular weight excluding hydrogens is 495 g/mol.